The van der Waals surface area contributed by atoms with E-state index in [-0.39, 0.29) is 17.4 Å². The number of aromatic nitrogens is 1. The summed E-state index contributed by atoms with van der Waals surface area (Å²) < 4.78 is 15.6. The third-order valence-electron chi connectivity index (χ3n) is 5.28. The minimum Gasteiger partial charge on any atom is -0.341 e. The van der Waals surface area contributed by atoms with Gasteiger partial charge in [-0.25, -0.2) is 4.39 Å². The van der Waals surface area contributed by atoms with Crippen LogP contribution in [0.4, 0.5) is 4.39 Å². The number of carbonyl (C=O) groups excluding carboxylic acids is 2. The van der Waals surface area contributed by atoms with Crippen LogP contribution in [0, 0.1) is 12.7 Å². The number of hydrogen-bond acceptors (Lipinski definition) is 2. The highest BCUT2D eigenvalue weighted by molar-refractivity contribution is 6.16. The van der Waals surface area contributed by atoms with E-state index >= 15 is 0 Å². The number of ketones is 2. The normalized spacial score (nSPS) is 11.3. The third-order valence-corrected chi connectivity index (χ3v) is 5.28. The first kappa shape index (κ1) is 18.1. The number of Topliss-reactive ketones (excluding diaryl/α,β-unsaturated/α-hetero) is 1. The second-order valence-electron chi connectivity index (χ2n) is 7.05. The van der Waals surface area contributed by atoms with Crippen molar-refractivity contribution in [1.29, 1.82) is 0 Å². The van der Waals surface area contributed by atoms with Crippen molar-refractivity contribution in [1.82, 2.24) is 4.57 Å². The van der Waals surface area contributed by atoms with Gasteiger partial charge in [0.2, 0.25) is 0 Å². The molecule has 0 radical (unpaired) electrons. The molecule has 0 bridgehead atoms. The van der Waals surface area contributed by atoms with E-state index in [0.717, 1.165) is 28.4 Å². The fourth-order valence-corrected chi connectivity index (χ4v) is 3.84. The predicted octanol–water partition coefficient (Wildman–Crippen LogP) is 5.70. The molecule has 0 spiro atoms. The van der Waals surface area contributed by atoms with Crippen LogP contribution in [0.5, 0.6) is 0 Å². The van der Waals surface area contributed by atoms with Gasteiger partial charge in [0, 0.05) is 45.0 Å². The Hall–Kier alpha value is -3.27. The van der Waals surface area contributed by atoms with Gasteiger partial charge in [-0.1, -0.05) is 0 Å². The van der Waals surface area contributed by atoms with Crippen LogP contribution < -0.4 is 0 Å². The molecule has 4 heteroatoms. The van der Waals surface area contributed by atoms with Crippen molar-refractivity contribution in [3.63, 3.8) is 0 Å². The van der Waals surface area contributed by atoms with Crippen LogP contribution >= 0.6 is 0 Å². The lowest BCUT2D eigenvalue weighted by molar-refractivity contribution is 0.101. The maximum absolute atomic E-state index is 13.4. The first-order chi connectivity index (χ1) is 13.4. The van der Waals surface area contributed by atoms with E-state index in [4.69, 9.17) is 0 Å². The maximum Gasteiger partial charge on any atom is 0.193 e. The fraction of sp³-hybridized carbons (Fsp3) is 0.167. The number of hydrogen-bond donors (Lipinski definition) is 0. The molecule has 28 heavy (non-hydrogen) atoms. The molecule has 4 aromatic rings. The smallest absolute Gasteiger partial charge is 0.193 e. The number of carbonyl (C=O) groups is 2. The first-order valence-electron chi connectivity index (χ1n) is 9.28. The number of aryl methyl sites for hydroxylation is 2. The van der Waals surface area contributed by atoms with Gasteiger partial charge in [-0.2, -0.15) is 0 Å². The molecule has 0 fully saturated rings. The first-order valence-corrected chi connectivity index (χ1v) is 9.28. The van der Waals surface area contributed by atoms with E-state index in [1.165, 1.54) is 18.2 Å². The van der Waals surface area contributed by atoms with Gasteiger partial charge in [0.25, 0.3) is 0 Å². The quantitative estimate of drug-likeness (QED) is 0.431. The van der Waals surface area contributed by atoms with Crippen molar-refractivity contribution in [3.8, 4) is 0 Å². The summed E-state index contributed by atoms with van der Waals surface area (Å²) in [6.45, 7) is 6.13. The van der Waals surface area contributed by atoms with Gasteiger partial charge in [-0.05, 0) is 80.9 Å². The van der Waals surface area contributed by atoms with Gasteiger partial charge in [0.15, 0.2) is 11.6 Å². The predicted molar refractivity (Wildman–Crippen MR) is 110 cm³/mol. The van der Waals surface area contributed by atoms with Crippen LogP contribution in [0.3, 0.4) is 0 Å². The third kappa shape index (κ3) is 2.82. The minimum absolute atomic E-state index is 0.00784. The maximum atomic E-state index is 13.4. The Morgan fingerprint density at radius 1 is 0.893 bits per heavy atom. The van der Waals surface area contributed by atoms with Crippen LogP contribution in [-0.4, -0.2) is 16.1 Å². The molecule has 0 N–H and O–H groups in total. The summed E-state index contributed by atoms with van der Waals surface area (Å²) in [4.78, 5) is 24.9. The standard InChI is InChI=1S/C24H20FNO2/c1-4-26-22-9-5-16(15(3)27)12-20(22)21-13-17(6-10-23(21)26)24(28)19-8-7-18(25)11-14(19)2/h5-13H,4H2,1-3H3. The highest BCUT2D eigenvalue weighted by Crippen LogP contribution is 2.31. The highest BCUT2D eigenvalue weighted by Gasteiger charge is 2.16. The van der Waals surface area contributed by atoms with Crippen molar-refractivity contribution in [2.24, 2.45) is 0 Å². The number of rotatable bonds is 4. The van der Waals surface area contributed by atoms with E-state index in [1.54, 1.807) is 13.8 Å². The summed E-state index contributed by atoms with van der Waals surface area (Å²) in [5.41, 5.74) is 4.35. The van der Waals surface area contributed by atoms with E-state index < -0.39 is 0 Å². The van der Waals surface area contributed by atoms with Gasteiger partial charge < -0.3 is 4.57 Å². The monoisotopic (exact) mass is 373 g/mol. The lowest BCUT2D eigenvalue weighted by Gasteiger charge is -2.06. The molecule has 3 aromatic carbocycles. The summed E-state index contributed by atoms with van der Waals surface area (Å²) in [7, 11) is 0. The summed E-state index contributed by atoms with van der Waals surface area (Å²) in [6.07, 6.45) is 0. The molecule has 4 rings (SSSR count). The van der Waals surface area contributed by atoms with Crippen LogP contribution in [0.1, 0.15) is 45.7 Å². The molecule has 1 aromatic heterocycles. The molecule has 0 aliphatic rings. The molecule has 0 unspecified atom stereocenters. The van der Waals surface area contributed by atoms with E-state index in [9.17, 15) is 14.0 Å². The Balaban J connectivity index is 1.94. The average molecular weight is 373 g/mol. The zero-order valence-corrected chi connectivity index (χ0v) is 16.0. The van der Waals surface area contributed by atoms with Crippen LogP contribution in [-0.2, 0) is 6.54 Å². The second kappa shape index (κ2) is 6.71. The van der Waals surface area contributed by atoms with Gasteiger partial charge in [-0.3, -0.25) is 9.59 Å². The molecule has 1 heterocycles. The number of benzene rings is 3. The summed E-state index contributed by atoms with van der Waals surface area (Å²) in [5, 5.41) is 1.89. The largest absolute Gasteiger partial charge is 0.341 e. The molecule has 0 saturated carbocycles. The zero-order valence-electron chi connectivity index (χ0n) is 16.0. The van der Waals surface area contributed by atoms with Gasteiger partial charge in [0.05, 0.1) is 0 Å². The lowest BCUT2D eigenvalue weighted by atomic mass is 9.97. The molecular formula is C24H20FNO2. The Morgan fingerprint density at radius 2 is 1.50 bits per heavy atom. The number of fused-ring (bicyclic) bond motifs is 3. The van der Waals surface area contributed by atoms with Crippen molar-refractivity contribution in [2.75, 3.05) is 0 Å². The molecule has 140 valence electrons. The number of nitrogens with zero attached hydrogens (tertiary/aromatic N) is 1. The Labute approximate surface area is 162 Å². The van der Waals surface area contributed by atoms with E-state index in [0.29, 0.717) is 22.3 Å². The number of halogens is 1. The molecule has 0 atom stereocenters. The molecule has 0 aliphatic heterocycles. The minimum atomic E-state index is -0.354. The van der Waals surface area contributed by atoms with Gasteiger partial charge in [0.1, 0.15) is 5.82 Å². The molecule has 0 saturated heterocycles. The topological polar surface area (TPSA) is 39.1 Å². The summed E-state index contributed by atoms with van der Waals surface area (Å²) in [6, 6.07) is 15.5. The van der Waals surface area contributed by atoms with E-state index in [2.05, 4.69) is 11.5 Å². The summed E-state index contributed by atoms with van der Waals surface area (Å²) >= 11 is 0. The Kier molecular flexibility index (Phi) is 4.34. The van der Waals surface area contributed by atoms with Crippen molar-refractivity contribution >= 4 is 33.4 Å². The molecular weight excluding hydrogens is 353 g/mol. The Bertz CT molecular complexity index is 1270. The van der Waals surface area contributed by atoms with Crippen molar-refractivity contribution < 1.29 is 14.0 Å². The molecule has 0 amide bonds. The highest BCUT2D eigenvalue weighted by atomic mass is 19.1. The lowest BCUT2D eigenvalue weighted by Crippen LogP contribution is -2.04. The Morgan fingerprint density at radius 3 is 2.07 bits per heavy atom. The summed E-state index contributed by atoms with van der Waals surface area (Å²) in [5.74, 6) is -0.486. The van der Waals surface area contributed by atoms with Crippen LogP contribution in [0.15, 0.2) is 54.6 Å². The van der Waals surface area contributed by atoms with Crippen molar-refractivity contribution in [2.45, 2.75) is 27.3 Å². The van der Waals surface area contributed by atoms with Crippen LogP contribution in [0.2, 0.25) is 0 Å². The van der Waals surface area contributed by atoms with Crippen LogP contribution in [0.25, 0.3) is 21.8 Å². The zero-order chi connectivity index (χ0) is 20.0. The molecule has 0 aliphatic carbocycles. The van der Waals surface area contributed by atoms with Gasteiger partial charge >= 0.3 is 0 Å². The van der Waals surface area contributed by atoms with Crippen molar-refractivity contribution in [3.05, 3.63) is 82.7 Å². The average Bonchev–Trinajstić information content (AvgIpc) is 2.99. The van der Waals surface area contributed by atoms with Gasteiger partial charge in [-0.15, -0.1) is 0 Å². The van der Waals surface area contributed by atoms with E-state index in [1.807, 2.05) is 36.4 Å². The second-order valence-corrected chi connectivity index (χ2v) is 7.05. The fourth-order valence-electron chi connectivity index (χ4n) is 3.84. The SMILES string of the molecule is CCn1c2ccc(C(C)=O)cc2c2cc(C(=O)c3ccc(F)cc3C)ccc21. The molecule has 3 nitrogen and oxygen atoms in total.